The molecule has 5 nitrogen and oxygen atoms in total. The maximum Gasteiger partial charge on any atom is 0.343 e. The zero-order valence-electron chi connectivity index (χ0n) is 13.4. The molecule has 0 unspecified atom stereocenters. The van der Waals surface area contributed by atoms with Crippen LogP contribution < -0.4 is 4.74 Å². The molecule has 0 aromatic heterocycles. The molecule has 6 heteroatoms. The van der Waals surface area contributed by atoms with Crippen LogP contribution in [0.5, 0.6) is 5.75 Å². The van der Waals surface area contributed by atoms with E-state index in [1.165, 1.54) is 10.4 Å². The van der Waals surface area contributed by atoms with Crippen LogP contribution in [0.25, 0.3) is 0 Å². The first-order valence-electron chi connectivity index (χ1n) is 7.86. The van der Waals surface area contributed by atoms with Gasteiger partial charge >= 0.3 is 5.97 Å². The maximum absolute atomic E-state index is 12.7. The summed E-state index contributed by atoms with van der Waals surface area (Å²) < 4.78 is 32.1. The second kappa shape index (κ2) is 6.75. The molecule has 3 rings (SSSR count). The lowest BCUT2D eigenvalue weighted by Gasteiger charge is -2.16. The normalized spacial score (nSPS) is 15.4. The molecule has 0 saturated carbocycles. The maximum atomic E-state index is 12.7. The highest BCUT2D eigenvalue weighted by molar-refractivity contribution is 7.89. The molecule has 0 atom stereocenters. The third kappa shape index (κ3) is 3.34. The summed E-state index contributed by atoms with van der Waals surface area (Å²) >= 11 is 0. The van der Waals surface area contributed by atoms with Gasteiger partial charge in [-0.2, -0.15) is 4.31 Å². The summed E-state index contributed by atoms with van der Waals surface area (Å²) in [5.74, 6) is -0.133. The number of aryl methyl sites for hydroxylation is 1. The number of carbonyl (C=O) groups is 1. The van der Waals surface area contributed by atoms with Gasteiger partial charge in [-0.3, -0.25) is 0 Å². The number of hydrogen-bond donors (Lipinski definition) is 0. The smallest absolute Gasteiger partial charge is 0.343 e. The van der Waals surface area contributed by atoms with Gasteiger partial charge in [-0.1, -0.05) is 24.3 Å². The molecule has 1 aliphatic heterocycles. The number of rotatable bonds is 4. The van der Waals surface area contributed by atoms with E-state index in [1.54, 1.807) is 43.3 Å². The highest BCUT2D eigenvalue weighted by Crippen LogP contribution is 2.24. The summed E-state index contributed by atoms with van der Waals surface area (Å²) in [6.45, 7) is 2.81. The molecule has 1 heterocycles. The number of hydrogen-bond acceptors (Lipinski definition) is 4. The molecule has 0 amide bonds. The van der Waals surface area contributed by atoms with Gasteiger partial charge in [-0.05, 0) is 49.6 Å². The third-order valence-electron chi connectivity index (χ3n) is 4.09. The van der Waals surface area contributed by atoms with E-state index >= 15 is 0 Å². The van der Waals surface area contributed by atoms with Crippen molar-refractivity contribution in [2.75, 3.05) is 13.1 Å². The Morgan fingerprint density at radius 2 is 1.71 bits per heavy atom. The van der Waals surface area contributed by atoms with Gasteiger partial charge in [0.2, 0.25) is 10.0 Å². The number of ether oxygens (including phenoxy) is 1. The van der Waals surface area contributed by atoms with Crippen LogP contribution in [-0.2, 0) is 10.0 Å². The Balaban J connectivity index is 1.90. The van der Waals surface area contributed by atoms with Crippen LogP contribution in [0.4, 0.5) is 0 Å². The number of benzene rings is 2. The minimum Gasteiger partial charge on any atom is -0.423 e. The predicted octanol–water partition coefficient (Wildman–Crippen LogP) is 3.00. The van der Waals surface area contributed by atoms with E-state index in [9.17, 15) is 13.2 Å². The molecule has 2 aromatic rings. The van der Waals surface area contributed by atoms with Crippen LogP contribution in [0.3, 0.4) is 0 Å². The van der Waals surface area contributed by atoms with Crippen molar-refractivity contribution in [3.8, 4) is 5.75 Å². The van der Waals surface area contributed by atoms with Crippen molar-refractivity contribution >= 4 is 16.0 Å². The molecule has 0 bridgehead atoms. The fourth-order valence-corrected chi connectivity index (χ4v) is 4.25. The minimum atomic E-state index is -3.56. The summed E-state index contributed by atoms with van der Waals surface area (Å²) in [6.07, 6.45) is 1.74. The quantitative estimate of drug-likeness (QED) is 0.631. The van der Waals surface area contributed by atoms with Gasteiger partial charge in [0.05, 0.1) is 10.5 Å². The van der Waals surface area contributed by atoms with Crippen LogP contribution in [-0.4, -0.2) is 31.8 Å². The topological polar surface area (TPSA) is 63.7 Å². The Morgan fingerprint density at radius 1 is 1.04 bits per heavy atom. The zero-order chi connectivity index (χ0) is 17.2. The molecule has 126 valence electrons. The number of esters is 1. The zero-order valence-corrected chi connectivity index (χ0v) is 14.3. The standard InChI is InChI=1S/C18H19NO4S/c1-14-9-10-16(24(21,22)19-11-5-6-12-19)13-17(14)18(20)23-15-7-3-2-4-8-15/h2-4,7-10,13H,5-6,11-12H2,1H3. The van der Waals surface area contributed by atoms with E-state index in [1.807, 2.05) is 6.07 Å². The number of carbonyl (C=O) groups excluding carboxylic acids is 1. The van der Waals surface area contributed by atoms with E-state index in [2.05, 4.69) is 0 Å². The van der Waals surface area contributed by atoms with Gasteiger partial charge < -0.3 is 4.74 Å². The predicted molar refractivity (Wildman–Crippen MR) is 90.6 cm³/mol. The van der Waals surface area contributed by atoms with Crippen molar-refractivity contribution in [1.29, 1.82) is 0 Å². The molecular formula is C18H19NO4S. The monoisotopic (exact) mass is 345 g/mol. The number of para-hydroxylation sites is 1. The minimum absolute atomic E-state index is 0.134. The molecule has 0 aliphatic carbocycles. The van der Waals surface area contributed by atoms with Gasteiger partial charge in [0.1, 0.15) is 5.75 Å². The van der Waals surface area contributed by atoms with E-state index < -0.39 is 16.0 Å². The molecule has 1 fully saturated rings. The van der Waals surface area contributed by atoms with Gasteiger partial charge in [0.15, 0.2) is 0 Å². The van der Waals surface area contributed by atoms with Gasteiger partial charge in [0, 0.05) is 13.1 Å². The van der Waals surface area contributed by atoms with Crippen LogP contribution in [0.1, 0.15) is 28.8 Å². The number of sulfonamides is 1. The summed E-state index contributed by atoms with van der Waals surface area (Å²) in [5.41, 5.74) is 0.940. The second-order valence-electron chi connectivity index (χ2n) is 5.79. The van der Waals surface area contributed by atoms with Crippen molar-refractivity contribution in [3.05, 3.63) is 59.7 Å². The lowest BCUT2D eigenvalue weighted by atomic mass is 10.1. The van der Waals surface area contributed by atoms with E-state index in [0.29, 0.717) is 24.4 Å². The van der Waals surface area contributed by atoms with Crippen molar-refractivity contribution in [1.82, 2.24) is 4.31 Å². The van der Waals surface area contributed by atoms with Crippen LogP contribution in [0.15, 0.2) is 53.4 Å². The molecule has 2 aromatic carbocycles. The third-order valence-corrected chi connectivity index (χ3v) is 5.98. The first kappa shape index (κ1) is 16.7. The Bertz CT molecular complexity index is 841. The fraction of sp³-hybridized carbons (Fsp3) is 0.278. The SMILES string of the molecule is Cc1ccc(S(=O)(=O)N2CCCC2)cc1C(=O)Oc1ccccc1. The summed E-state index contributed by atoms with van der Waals surface area (Å²) in [5, 5.41) is 0. The van der Waals surface area contributed by atoms with Crippen LogP contribution in [0.2, 0.25) is 0 Å². The molecule has 0 N–H and O–H groups in total. The average molecular weight is 345 g/mol. The number of nitrogens with zero attached hydrogens (tertiary/aromatic N) is 1. The highest BCUT2D eigenvalue weighted by atomic mass is 32.2. The average Bonchev–Trinajstić information content (AvgIpc) is 3.11. The molecule has 1 aliphatic rings. The van der Waals surface area contributed by atoms with Crippen molar-refractivity contribution in [3.63, 3.8) is 0 Å². The molecular weight excluding hydrogens is 326 g/mol. The molecule has 0 spiro atoms. The Morgan fingerprint density at radius 3 is 2.38 bits per heavy atom. The largest absolute Gasteiger partial charge is 0.423 e. The van der Waals surface area contributed by atoms with Crippen LogP contribution in [0, 0.1) is 6.92 Å². The lowest BCUT2D eigenvalue weighted by Crippen LogP contribution is -2.28. The summed E-state index contributed by atoms with van der Waals surface area (Å²) in [4.78, 5) is 12.5. The Hall–Kier alpha value is -2.18. The van der Waals surface area contributed by atoms with E-state index in [4.69, 9.17) is 4.74 Å². The second-order valence-corrected chi connectivity index (χ2v) is 7.73. The van der Waals surface area contributed by atoms with Crippen molar-refractivity contribution < 1.29 is 17.9 Å². The Kier molecular flexibility index (Phi) is 4.69. The van der Waals surface area contributed by atoms with Gasteiger partial charge in [-0.15, -0.1) is 0 Å². The molecule has 24 heavy (non-hydrogen) atoms. The van der Waals surface area contributed by atoms with Gasteiger partial charge in [0.25, 0.3) is 0 Å². The highest BCUT2D eigenvalue weighted by Gasteiger charge is 2.28. The molecule has 0 radical (unpaired) electrons. The van der Waals surface area contributed by atoms with Gasteiger partial charge in [-0.25, -0.2) is 13.2 Å². The first-order valence-corrected chi connectivity index (χ1v) is 9.30. The first-order chi connectivity index (χ1) is 11.5. The fourth-order valence-electron chi connectivity index (χ4n) is 2.71. The van der Waals surface area contributed by atoms with Crippen molar-refractivity contribution in [2.45, 2.75) is 24.7 Å². The van der Waals surface area contributed by atoms with Crippen LogP contribution >= 0.6 is 0 Å². The molecule has 1 saturated heterocycles. The van der Waals surface area contributed by atoms with E-state index in [-0.39, 0.29) is 10.5 Å². The van der Waals surface area contributed by atoms with Crippen molar-refractivity contribution in [2.24, 2.45) is 0 Å². The summed E-state index contributed by atoms with van der Waals surface area (Å²) in [6, 6.07) is 13.3. The summed E-state index contributed by atoms with van der Waals surface area (Å²) in [7, 11) is -3.56. The lowest BCUT2D eigenvalue weighted by molar-refractivity contribution is 0.0733. The Labute approximate surface area is 141 Å². The van der Waals surface area contributed by atoms with E-state index in [0.717, 1.165) is 12.8 Å².